The predicted octanol–water partition coefficient (Wildman–Crippen LogP) is 4.61. The Bertz CT molecular complexity index is 950. The molecule has 4 rings (SSSR count). The zero-order chi connectivity index (χ0) is 18.1. The van der Waals surface area contributed by atoms with E-state index in [1.165, 1.54) is 10.3 Å². The van der Waals surface area contributed by atoms with Crippen LogP contribution in [0.3, 0.4) is 0 Å². The molecule has 0 bridgehead atoms. The number of aryl methyl sites for hydroxylation is 1. The number of aromatic nitrogens is 1. The zero-order valence-electron chi connectivity index (χ0n) is 14.4. The topological polar surface area (TPSA) is 48.5 Å². The summed E-state index contributed by atoms with van der Waals surface area (Å²) in [7, 11) is 0. The molecule has 0 radical (unpaired) electrons. The summed E-state index contributed by atoms with van der Waals surface area (Å²) in [6, 6.07) is 13.4. The van der Waals surface area contributed by atoms with Crippen molar-refractivity contribution in [3.8, 4) is 0 Å². The lowest BCUT2D eigenvalue weighted by atomic mass is 10.2. The van der Waals surface area contributed by atoms with E-state index in [4.69, 9.17) is 16.6 Å². The van der Waals surface area contributed by atoms with Crippen molar-refractivity contribution in [2.24, 2.45) is 0 Å². The number of halogens is 1. The van der Waals surface area contributed by atoms with E-state index in [-0.39, 0.29) is 6.03 Å². The summed E-state index contributed by atoms with van der Waals surface area (Å²) in [5, 5.41) is 4.46. The van der Waals surface area contributed by atoms with Gasteiger partial charge in [-0.1, -0.05) is 47.2 Å². The minimum Gasteiger partial charge on any atom is -0.345 e. The van der Waals surface area contributed by atoms with Crippen LogP contribution in [0.4, 0.5) is 15.6 Å². The number of nitrogens with one attached hydrogen (secondary N) is 1. The maximum atomic E-state index is 12.5. The summed E-state index contributed by atoms with van der Waals surface area (Å²) in [6.45, 7) is 4.95. The van der Waals surface area contributed by atoms with Crippen molar-refractivity contribution >= 4 is 50.0 Å². The first-order valence-electron chi connectivity index (χ1n) is 8.53. The van der Waals surface area contributed by atoms with Gasteiger partial charge >= 0.3 is 6.03 Å². The standard InChI is InChI=1S/C19H19ClN4OS/c1-13-5-4-8-16-17(13)22-19(26-16)24-11-9-23(10-12-24)18(25)21-15-7-3-2-6-14(15)20/h2-8H,9-12H2,1H3,(H,21,25). The summed E-state index contributed by atoms with van der Waals surface area (Å²) in [5.74, 6) is 0. The van der Waals surface area contributed by atoms with E-state index in [1.54, 1.807) is 23.5 Å². The summed E-state index contributed by atoms with van der Waals surface area (Å²) in [5.41, 5.74) is 2.91. The van der Waals surface area contributed by atoms with Gasteiger partial charge in [0, 0.05) is 26.2 Å². The average molecular weight is 387 g/mol. The summed E-state index contributed by atoms with van der Waals surface area (Å²) in [4.78, 5) is 21.3. The molecule has 1 N–H and O–H groups in total. The molecule has 0 saturated carbocycles. The van der Waals surface area contributed by atoms with Crippen molar-refractivity contribution < 1.29 is 4.79 Å². The van der Waals surface area contributed by atoms with E-state index in [0.717, 1.165) is 23.7 Å². The number of fused-ring (bicyclic) bond motifs is 1. The lowest BCUT2D eigenvalue weighted by Gasteiger charge is -2.34. The third-order valence-corrected chi connectivity index (χ3v) is 5.97. The Kier molecular flexibility index (Phi) is 4.70. The van der Waals surface area contributed by atoms with Gasteiger partial charge in [-0.05, 0) is 30.7 Å². The fourth-order valence-electron chi connectivity index (χ4n) is 3.07. The second-order valence-corrected chi connectivity index (χ2v) is 7.72. The summed E-state index contributed by atoms with van der Waals surface area (Å²) >= 11 is 7.82. The molecular weight excluding hydrogens is 368 g/mol. The number of amides is 2. The smallest absolute Gasteiger partial charge is 0.322 e. The molecule has 0 unspecified atom stereocenters. The Balaban J connectivity index is 1.41. The van der Waals surface area contributed by atoms with Crippen LogP contribution in [-0.4, -0.2) is 42.1 Å². The van der Waals surface area contributed by atoms with Crippen molar-refractivity contribution in [1.29, 1.82) is 0 Å². The number of para-hydroxylation sites is 2. The van der Waals surface area contributed by atoms with Gasteiger partial charge in [0.2, 0.25) is 0 Å². The highest BCUT2D eigenvalue weighted by Crippen LogP contribution is 2.31. The van der Waals surface area contributed by atoms with Crippen LogP contribution in [0.1, 0.15) is 5.56 Å². The molecule has 0 spiro atoms. The van der Waals surface area contributed by atoms with Gasteiger partial charge in [0.15, 0.2) is 5.13 Å². The molecule has 7 heteroatoms. The molecule has 1 aliphatic rings. The highest BCUT2D eigenvalue weighted by Gasteiger charge is 2.23. The first kappa shape index (κ1) is 17.1. The van der Waals surface area contributed by atoms with Gasteiger partial charge in [-0.2, -0.15) is 0 Å². The third kappa shape index (κ3) is 3.34. The molecule has 2 aromatic carbocycles. The fourth-order valence-corrected chi connectivity index (χ4v) is 4.35. The van der Waals surface area contributed by atoms with Crippen molar-refractivity contribution in [3.05, 3.63) is 53.1 Å². The summed E-state index contributed by atoms with van der Waals surface area (Å²) in [6.07, 6.45) is 0. The number of thiazole rings is 1. The van der Waals surface area contributed by atoms with Crippen LogP contribution in [-0.2, 0) is 0 Å². The van der Waals surface area contributed by atoms with Crippen molar-refractivity contribution in [3.63, 3.8) is 0 Å². The van der Waals surface area contributed by atoms with E-state index < -0.39 is 0 Å². The van der Waals surface area contributed by atoms with E-state index in [2.05, 4.69) is 35.3 Å². The van der Waals surface area contributed by atoms with E-state index in [0.29, 0.717) is 23.8 Å². The van der Waals surface area contributed by atoms with Gasteiger partial charge in [0.25, 0.3) is 0 Å². The average Bonchev–Trinajstić information content (AvgIpc) is 3.09. The number of nitrogens with zero attached hydrogens (tertiary/aromatic N) is 3. The van der Waals surface area contributed by atoms with Gasteiger partial charge in [0.1, 0.15) is 0 Å². The number of hydrogen-bond acceptors (Lipinski definition) is 4. The number of anilines is 2. The molecule has 134 valence electrons. The van der Waals surface area contributed by atoms with Gasteiger partial charge in [0.05, 0.1) is 20.9 Å². The van der Waals surface area contributed by atoms with Gasteiger partial charge in [-0.25, -0.2) is 9.78 Å². The maximum Gasteiger partial charge on any atom is 0.322 e. The predicted molar refractivity (Wildman–Crippen MR) is 109 cm³/mol. The normalized spacial score (nSPS) is 14.7. The second kappa shape index (κ2) is 7.13. The third-order valence-electron chi connectivity index (χ3n) is 4.56. The molecule has 0 aliphatic carbocycles. The Hall–Kier alpha value is -2.31. The monoisotopic (exact) mass is 386 g/mol. The number of urea groups is 1. The van der Waals surface area contributed by atoms with Crippen molar-refractivity contribution in [1.82, 2.24) is 9.88 Å². The van der Waals surface area contributed by atoms with Crippen LogP contribution in [0.15, 0.2) is 42.5 Å². The quantitative estimate of drug-likeness (QED) is 0.699. The van der Waals surface area contributed by atoms with Crippen LogP contribution < -0.4 is 10.2 Å². The molecule has 1 fully saturated rings. The van der Waals surface area contributed by atoms with Crippen molar-refractivity contribution in [2.45, 2.75) is 6.92 Å². The number of rotatable bonds is 2. The zero-order valence-corrected chi connectivity index (χ0v) is 16.0. The molecular formula is C19H19ClN4OS. The number of carbonyl (C=O) groups is 1. The van der Waals surface area contributed by atoms with Crippen LogP contribution in [0.2, 0.25) is 5.02 Å². The van der Waals surface area contributed by atoms with E-state index in [1.807, 2.05) is 17.0 Å². The fraction of sp³-hybridized carbons (Fsp3) is 0.263. The van der Waals surface area contributed by atoms with Crippen molar-refractivity contribution in [2.75, 3.05) is 36.4 Å². The lowest BCUT2D eigenvalue weighted by molar-refractivity contribution is 0.208. The van der Waals surface area contributed by atoms with E-state index >= 15 is 0 Å². The largest absolute Gasteiger partial charge is 0.345 e. The number of carbonyl (C=O) groups excluding carboxylic acids is 1. The Morgan fingerprint density at radius 3 is 2.62 bits per heavy atom. The Morgan fingerprint density at radius 1 is 1.12 bits per heavy atom. The minimum absolute atomic E-state index is 0.113. The molecule has 3 aromatic rings. The number of piperazine rings is 1. The minimum atomic E-state index is -0.113. The second-order valence-electron chi connectivity index (χ2n) is 6.30. The number of benzene rings is 2. The number of hydrogen-bond donors (Lipinski definition) is 1. The van der Waals surface area contributed by atoms with E-state index in [9.17, 15) is 4.79 Å². The molecule has 1 saturated heterocycles. The molecule has 1 aromatic heterocycles. The first-order valence-corrected chi connectivity index (χ1v) is 9.73. The maximum absolute atomic E-state index is 12.5. The molecule has 1 aliphatic heterocycles. The Labute approximate surface area is 161 Å². The van der Waals surface area contributed by atoms with Crippen LogP contribution >= 0.6 is 22.9 Å². The molecule has 2 heterocycles. The summed E-state index contributed by atoms with van der Waals surface area (Å²) < 4.78 is 1.21. The van der Waals surface area contributed by atoms with Crippen LogP contribution in [0, 0.1) is 6.92 Å². The van der Waals surface area contributed by atoms with Gasteiger partial charge in [-0.3, -0.25) is 0 Å². The molecule has 5 nitrogen and oxygen atoms in total. The highest BCUT2D eigenvalue weighted by atomic mass is 35.5. The molecule has 0 atom stereocenters. The first-order chi connectivity index (χ1) is 12.6. The SMILES string of the molecule is Cc1cccc2sc(N3CCN(C(=O)Nc4ccccc4Cl)CC3)nc12. The molecule has 26 heavy (non-hydrogen) atoms. The lowest BCUT2D eigenvalue weighted by Crippen LogP contribution is -2.50. The molecule has 2 amide bonds. The van der Waals surface area contributed by atoms with Crippen LogP contribution in [0.25, 0.3) is 10.2 Å². The Morgan fingerprint density at radius 2 is 1.88 bits per heavy atom. The highest BCUT2D eigenvalue weighted by molar-refractivity contribution is 7.22. The van der Waals surface area contributed by atoms with Gasteiger partial charge in [-0.15, -0.1) is 0 Å². The van der Waals surface area contributed by atoms with Crippen LogP contribution in [0.5, 0.6) is 0 Å². The van der Waals surface area contributed by atoms with Gasteiger partial charge < -0.3 is 15.1 Å².